The van der Waals surface area contributed by atoms with Gasteiger partial charge in [-0.25, -0.2) is 8.42 Å². The van der Waals surface area contributed by atoms with Crippen molar-refractivity contribution < 1.29 is 13.2 Å². The summed E-state index contributed by atoms with van der Waals surface area (Å²) >= 11 is 7.82. The van der Waals surface area contributed by atoms with Gasteiger partial charge >= 0.3 is 0 Å². The van der Waals surface area contributed by atoms with Gasteiger partial charge in [-0.05, 0) is 30.2 Å². The maximum atomic E-state index is 12.0. The summed E-state index contributed by atoms with van der Waals surface area (Å²) < 4.78 is 25.3. The first-order valence-electron chi connectivity index (χ1n) is 8.98. The Balaban J connectivity index is 1.67. The quantitative estimate of drug-likeness (QED) is 0.537. The number of para-hydroxylation sites is 1. The van der Waals surface area contributed by atoms with Crippen LogP contribution in [0.15, 0.2) is 54.6 Å². The minimum atomic E-state index is -3.38. The maximum Gasteiger partial charge on any atom is 0.232 e. The molecule has 0 aliphatic heterocycles. The van der Waals surface area contributed by atoms with Crippen LogP contribution in [0.1, 0.15) is 18.4 Å². The third-order valence-corrected chi connectivity index (χ3v) is 6.56. The number of thioether (sulfide) groups is 1. The monoisotopic (exact) mass is 440 g/mol. The molecule has 0 heterocycles. The molecule has 0 fully saturated rings. The number of benzene rings is 2. The molecule has 0 aliphatic rings. The molecule has 0 bridgehead atoms. The lowest BCUT2D eigenvalue weighted by molar-refractivity contribution is -0.121. The summed E-state index contributed by atoms with van der Waals surface area (Å²) in [5.74, 6) is 1.52. The number of sulfonamides is 1. The summed E-state index contributed by atoms with van der Waals surface area (Å²) in [6, 6.07) is 16.6. The molecule has 0 unspecified atom stereocenters. The van der Waals surface area contributed by atoms with E-state index < -0.39 is 10.0 Å². The molecule has 0 aliphatic carbocycles. The molecule has 0 aromatic heterocycles. The summed E-state index contributed by atoms with van der Waals surface area (Å²) in [5, 5.41) is 3.63. The van der Waals surface area contributed by atoms with E-state index in [1.165, 1.54) is 10.6 Å². The van der Waals surface area contributed by atoms with Gasteiger partial charge in [-0.3, -0.25) is 9.10 Å². The molecule has 2 aromatic carbocycles. The van der Waals surface area contributed by atoms with E-state index in [0.29, 0.717) is 18.7 Å². The average Bonchev–Trinajstić information content (AvgIpc) is 2.66. The molecule has 1 amide bonds. The highest BCUT2D eigenvalue weighted by Crippen LogP contribution is 2.20. The van der Waals surface area contributed by atoms with E-state index in [1.807, 2.05) is 30.3 Å². The van der Waals surface area contributed by atoms with E-state index in [-0.39, 0.29) is 18.9 Å². The summed E-state index contributed by atoms with van der Waals surface area (Å²) in [4.78, 5) is 12.0. The Morgan fingerprint density at radius 2 is 1.79 bits per heavy atom. The molecule has 152 valence electrons. The van der Waals surface area contributed by atoms with Gasteiger partial charge in [0.05, 0.1) is 11.9 Å². The average molecular weight is 441 g/mol. The highest BCUT2D eigenvalue weighted by Gasteiger charge is 2.17. The maximum absolute atomic E-state index is 12.0. The van der Waals surface area contributed by atoms with Crippen LogP contribution in [0.4, 0.5) is 5.69 Å². The third kappa shape index (κ3) is 7.73. The molecule has 0 spiro atoms. The number of hydrogen-bond donors (Lipinski definition) is 1. The summed E-state index contributed by atoms with van der Waals surface area (Å²) in [6.07, 6.45) is 1.92. The van der Waals surface area contributed by atoms with Crippen molar-refractivity contribution in [3.05, 3.63) is 65.2 Å². The summed E-state index contributed by atoms with van der Waals surface area (Å²) in [7, 11) is -3.38. The zero-order valence-electron chi connectivity index (χ0n) is 15.8. The van der Waals surface area contributed by atoms with Crippen LogP contribution in [0.5, 0.6) is 0 Å². The zero-order valence-corrected chi connectivity index (χ0v) is 18.2. The number of nitrogens with one attached hydrogen (secondary N) is 1. The first-order chi connectivity index (χ1) is 13.4. The van der Waals surface area contributed by atoms with Gasteiger partial charge in [0.25, 0.3) is 0 Å². The largest absolute Gasteiger partial charge is 0.355 e. The highest BCUT2D eigenvalue weighted by molar-refractivity contribution is 7.98. The van der Waals surface area contributed by atoms with Crippen molar-refractivity contribution >= 4 is 45.0 Å². The van der Waals surface area contributed by atoms with Crippen LogP contribution in [0.3, 0.4) is 0 Å². The van der Waals surface area contributed by atoms with Crippen LogP contribution >= 0.6 is 23.4 Å². The van der Waals surface area contributed by atoms with Crippen LogP contribution in [-0.4, -0.2) is 39.4 Å². The number of hydrogen-bond acceptors (Lipinski definition) is 4. The molecule has 0 radical (unpaired) electrons. The Bertz CT molecular complexity index is 861. The second-order valence-electron chi connectivity index (χ2n) is 6.27. The van der Waals surface area contributed by atoms with E-state index in [4.69, 9.17) is 11.6 Å². The third-order valence-electron chi connectivity index (χ3n) is 3.99. The molecule has 28 heavy (non-hydrogen) atoms. The Morgan fingerprint density at radius 3 is 2.46 bits per heavy atom. The molecule has 2 aromatic rings. The van der Waals surface area contributed by atoms with Crippen LogP contribution in [-0.2, 0) is 20.6 Å². The topological polar surface area (TPSA) is 66.5 Å². The number of amides is 1. The van der Waals surface area contributed by atoms with Crippen molar-refractivity contribution in [2.75, 3.05) is 29.4 Å². The fourth-order valence-corrected chi connectivity index (χ4v) is 4.72. The van der Waals surface area contributed by atoms with Gasteiger partial charge in [0, 0.05) is 36.0 Å². The van der Waals surface area contributed by atoms with Gasteiger partial charge in [-0.1, -0.05) is 48.0 Å². The van der Waals surface area contributed by atoms with Crippen molar-refractivity contribution in [1.82, 2.24) is 5.32 Å². The van der Waals surface area contributed by atoms with Gasteiger partial charge in [0.15, 0.2) is 0 Å². The molecule has 1 N–H and O–H groups in total. The molecule has 8 heteroatoms. The van der Waals surface area contributed by atoms with Crippen molar-refractivity contribution in [2.45, 2.75) is 18.6 Å². The normalized spacial score (nSPS) is 11.2. The Kier molecular flexibility index (Phi) is 9.15. The molecule has 2 rings (SSSR count). The van der Waals surface area contributed by atoms with Crippen LogP contribution in [0.25, 0.3) is 0 Å². The van der Waals surface area contributed by atoms with Gasteiger partial charge in [0.2, 0.25) is 15.9 Å². The number of anilines is 1. The lowest BCUT2D eigenvalue weighted by Crippen LogP contribution is -2.32. The fourth-order valence-electron chi connectivity index (χ4n) is 2.61. The van der Waals surface area contributed by atoms with E-state index in [9.17, 15) is 13.2 Å². The Morgan fingerprint density at radius 1 is 1.11 bits per heavy atom. The number of nitrogens with zero attached hydrogens (tertiary/aromatic N) is 1. The summed E-state index contributed by atoms with van der Waals surface area (Å²) in [6.45, 7) is 0.847. The number of rotatable bonds is 11. The van der Waals surface area contributed by atoms with Gasteiger partial charge in [-0.15, -0.1) is 0 Å². The zero-order chi connectivity index (χ0) is 20.4. The van der Waals surface area contributed by atoms with E-state index in [1.54, 1.807) is 36.0 Å². The molecular formula is C20H25ClN2O3S2. The van der Waals surface area contributed by atoms with Crippen LogP contribution < -0.4 is 9.62 Å². The second kappa shape index (κ2) is 11.3. The van der Waals surface area contributed by atoms with Gasteiger partial charge in [0.1, 0.15) is 0 Å². The lowest BCUT2D eigenvalue weighted by Gasteiger charge is -2.22. The summed E-state index contributed by atoms with van der Waals surface area (Å²) in [5.41, 5.74) is 1.70. The first-order valence-corrected chi connectivity index (χ1v) is 12.4. The molecular weight excluding hydrogens is 416 g/mol. The SMILES string of the molecule is CS(=O)(=O)N(CCCC(=O)NCCSCc1ccccc1Cl)c1ccccc1. The molecule has 0 saturated carbocycles. The second-order valence-corrected chi connectivity index (χ2v) is 9.69. The van der Waals surface area contributed by atoms with E-state index in [0.717, 1.165) is 22.1 Å². The van der Waals surface area contributed by atoms with Crippen LogP contribution in [0, 0.1) is 0 Å². The molecule has 0 atom stereocenters. The van der Waals surface area contributed by atoms with E-state index in [2.05, 4.69) is 5.32 Å². The number of halogens is 1. The Labute approximate surface area is 176 Å². The first kappa shape index (κ1) is 22.6. The highest BCUT2D eigenvalue weighted by atomic mass is 35.5. The van der Waals surface area contributed by atoms with Gasteiger partial charge < -0.3 is 5.32 Å². The van der Waals surface area contributed by atoms with Crippen LogP contribution in [0.2, 0.25) is 5.02 Å². The van der Waals surface area contributed by atoms with Crippen molar-refractivity contribution in [3.63, 3.8) is 0 Å². The minimum absolute atomic E-state index is 0.0696. The van der Waals surface area contributed by atoms with Crippen molar-refractivity contribution in [3.8, 4) is 0 Å². The van der Waals surface area contributed by atoms with Gasteiger partial charge in [-0.2, -0.15) is 11.8 Å². The van der Waals surface area contributed by atoms with E-state index >= 15 is 0 Å². The minimum Gasteiger partial charge on any atom is -0.355 e. The number of carbonyl (C=O) groups is 1. The Hall–Kier alpha value is -1.70. The standard InChI is InChI=1S/C20H25ClN2O3S2/c1-28(25,26)23(18-9-3-2-4-10-18)14-7-12-20(24)22-13-15-27-16-17-8-5-6-11-19(17)21/h2-6,8-11H,7,12-16H2,1H3,(H,22,24). The molecule has 0 saturated heterocycles. The van der Waals surface area contributed by atoms with Crippen molar-refractivity contribution in [2.24, 2.45) is 0 Å². The fraction of sp³-hybridized carbons (Fsp3) is 0.350. The predicted octanol–water partition coefficient (Wildman–Crippen LogP) is 3.94. The number of carbonyl (C=O) groups excluding carboxylic acids is 1. The smallest absolute Gasteiger partial charge is 0.232 e. The molecule has 5 nitrogen and oxygen atoms in total. The predicted molar refractivity (Wildman–Crippen MR) is 118 cm³/mol. The lowest BCUT2D eigenvalue weighted by atomic mass is 10.2. The van der Waals surface area contributed by atoms with Crippen molar-refractivity contribution in [1.29, 1.82) is 0 Å².